The zero-order valence-corrected chi connectivity index (χ0v) is 19.2. The van der Waals surface area contributed by atoms with Crippen molar-refractivity contribution in [1.29, 1.82) is 0 Å². The molecule has 1 saturated heterocycles. The lowest BCUT2D eigenvalue weighted by molar-refractivity contribution is -0.526. The molecule has 0 aliphatic carbocycles. The zero-order chi connectivity index (χ0) is 23.7. The predicted octanol–water partition coefficient (Wildman–Crippen LogP) is 2.71. The summed E-state index contributed by atoms with van der Waals surface area (Å²) in [6.45, 7) is 2.58. The number of benzene rings is 1. The van der Waals surface area contributed by atoms with Crippen LogP contribution in [0.2, 0.25) is 0 Å². The maximum atomic E-state index is 13.1. The van der Waals surface area contributed by atoms with Crippen LogP contribution in [0.3, 0.4) is 0 Å². The maximum absolute atomic E-state index is 13.1. The molecule has 0 saturated carbocycles. The first kappa shape index (κ1) is 22.3. The summed E-state index contributed by atoms with van der Waals surface area (Å²) in [4.78, 5) is 36.0. The van der Waals surface area contributed by atoms with Crippen molar-refractivity contribution in [2.75, 3.05) is 24.8 Å². The molecule has 2 atom stereocenters. The Bertz CT molecular complexity index is 1240. The van der Waals surface area contributed by atoms with Crippen LogP contribution in [0.5, 0.6) is 11.5 Å². The van der Waals surface area contributed by atoms with Gasteiger partial charge in [-0.1, -0.05) is 6.07 Å². The second-order valence-corrected chi connectivity index (χ2v) is 9.00. The van der Waals surface area contributed by atoms with Crippen LogP contribution in [0.4, 0.5) is 5.95 Å². The van der Waals surface area contributed by atoms with E-state index < -0.39 is 22.6 Å². The highest BCUT2D eigenvalue weighted by Gasteiger charge is 2.51. The third-order valence-corrected chi connectivity index (χ3v) is 6.92. The van der Waals surface area contributed by atoms with E-state index in [1.54, 1.807) is 24.1 Å². The van der Waals surface area contributed by atoms with Gasteiger partial charge in [-0.05, 0) is 42.5 Å². The van der Waals surface area contributed by atoms with Gasteiger partial charge in [-0.15, -0.1) is 11.3 Å². The Balaban J connectivity index is 1.40. The minimum atomic E-state index is -1.23. The average molecular weight is 486 g/mol. The van der Waals surface area contributed by atoms with Crippen molar-refractivity contribution in [3.05, 3.63) is 51.5 Å². The smallest absolute Gasteiger partial charge is 0.326 e. The van der Waals surface area contributed by atoms with Crippen molar-refractivity contribution in [3.63, 3.8) is 0 Å². The Morgan fingerprint density at radius 2 is 2.24 bits per heavy atom. The summed E-state index contributed by atoms with van der Waals surface area (Å²) in [5, 5.41) is 18.2. The highest BCUT2D eigenvalue weighted by atomic mass is 32.1. The summed E-state index contributed by atoms with van der Waals surface area (Å²) in [6, 6.07) is 7.40. The topological polar surface area (TPSA) is 129 Å². The highest BCUT2D eigenvalue weighted by Crippen LogP contribution is 2.35. The number of esters is 1. The van der Waals surface area contributed by atoms with E-state index in [1.807, 2.05) is 23.6 Å². The second kappa shape index (κ2) is 9.03. The lowest BCUT2D eigenvalue weighted by atomic mass is 9.85. The molecular weight excluding hydrogens is 462 g/mol. The third-order valence-electron chi connectivity index (χ3n) is 6.10. The van der Waals surface area contributed by atoms with E-state index >= 15 is 0 Å². The van der Waals surface area contributed by atoms with Gasteiger partial charge in [0.15, 0.2) is 11.5 Å². The highest BCUT2D eigenvalue weighted by molar-refractivity contribution is 7.16. The van der Waals surface area contributed by atoms with Crippen molar-refractivity contribution in [3.8, 4) is 11.5 Å². The zero-order valence-electron chi connectivity index (χ0n) is 18.4. The summed E-state index contributed by atoms with van der Waals surface area (Å²) < 4.78 is 16.1. The molecule has 0 spiro atoms. The molecule has 3 aromatic rings. The number of anilines is 1. The van der Waals surface area contributed by atoms with Crippen LogP contribution >= 0.6 is 11.3 Å². The molecule has 2 unspecified atom stereocenters. The minimum absolute atomic E-state index is 0.0881. The number of carbonyl (C=O) groups is 1. The standard InChI is InChI=1S/C22H23N5O6S/c1-2-31-20(28)22(24-11-14-3-4-16-17(9-14)33-13-32-16)6-7-26(18(10-22)27(29)30)21-23-12-15-5-8-34-19(15)25-21/h3-5,8-9,12,18,24H,2,6-7,10-11,13H2,1H3. The SMILES string of the molecule is CCOC(=O)C1(NCc2ccc3c(c2)OCO3)CCN(c2ncc3ccsc3n2)C([N+](=O)[O-])C1. The predicted molar refractivity (Wildman–Crippen MR) is 124 cm³/mol. The number of hydrogen-bond donors (Lipinski definition) is 1. The van der Waals surface area contributed by atoms with E-state index in [0.29, 0.717) is 24.5 Å². The number of fused-ring (bicyclic) bond motifs is 2. The summed E-state index contributed by atoms with van der Waals surface area (Å²) in [5.74, 6) is 1.07. The van der Waals surface area contributed by atoms with Gasteiger partial charge < -0.3 is 14.2 Å². The first-order valence-electron chi connectivity index (χ1n) is 10.9. The molecular formula is C22H23N5O6S. The van der Waals surface area contributed by atoms with Crippen molar-refractivity contribution in [2.45, 2.75) is 38.0 Å². The van der Waals surface area contributed by atoms with Gasteiger partial charge >= 0.3 is 5.97 Å². The van der Waals surface area contributed by atoms with E-state index in [1.165, 1.54) is 11.3 Å². The number of aromatic nitrogens is 2. The molecule has 1 N–H and O–H groups in total. The van der Waals surface area contributed by atoms with E-state index in [9.17, 15) is 14.9 Å². The van der Waals surface area contributed by atoms with E-state index in [-0.39, 0.29) is 32.3 Å². The molecule has 2 aliphatic heterocycles. The number of thiophene rings is 1. The molecule has 5 rings (SSSR count). The van der Waals surface area contributed by atoms with Crippen molar-refractivity contribution < 1.29 is 23.9 Å². The number of piperidine rings is 1. The van der Waals surface area contributed by atoms with Gasteiger partial charge in [-0.2, -0.15) is 0 Å². The Morgan fingerprint density at radius 1 is 1.38 bits per heavy atom. The Morgan fingerprint density at radius 3 is 3.06 bits per heavy atom. The van der Waals surface area contributed by atoms with Crippen molar-refractivity contribution in [2.24, 2.45) is 0 Å². The molecule has 178 valence electrons. The molecule has 1 fully saturated rings. The number of nitro groups is 1. The van der Waals surface area contributed by atoms with Crippen LogP contribution in [0.15, 0.2) is 35.8 Å². The molecule has 34 heavy (non-hydrogen) atoms. The maximum Gasteiger partial charge on any atom is 0.326 e. The molecule has 0 radical (unpaired) electrons. The third kappa shape index (κ3) is 4.10. The molecule has 0 bridgehead atoms. The van der Waals surface area contributed by atoms with Gasteiger partial charge in [0.25, 0.3) is 6.17 Å². The first-order valence-corrected chi connectivity index (χ1v) is 11.8. The number of rotatable bonds is 7. The minimum Gasteiger partial charge on any atom is -0.465 e. The molecule has 1 aromatic carbocycles. The fourth-order valence-corrected chi connectivity index (χ4v) is 5.04. The summed E-state index contributed by atoms with van der Waals surface area (Å²) in [5.41, 5.74) is -0.368. The largest absolute Gasteiger partial charge is 0.465 e. The van der Waals surface area contributed by atoms with E-state index in [4.69, 9.17) is 14.2 Å². The molecule has 0 amide bonds. The Labute approximate surface area is 198 Å². The fraction of sp³-hybridized carbons (Fsp3) is 0.409. The summed E-state index contributed by atoms with van der Waals surface area (Å²) >= 11 is 1.45. The van der Waals surface area contributed by atoms with Gasteiger partial charge in [0.1, 0.15) is 10.4 Å². The molecule has 2 aliphatic rings. The second-order valence-electron chi connectivity index (χ2n) is 8.11. The number of ether oxygens (including phenoxy) is 3. The van der Waals surface area contributed by atoms with Gasteiger partial charge in [-0.3, -0.25) is 25.1 Å². The number of hydrogen-bond acceptors (Lipinski definition) is 11. The van der Waals surface area contributed by atoms with Crippen LogP contribution in [0.25, 0.3) is 10.2 Å². The van der Waals surface area contributed by atoms with Crippen LogP contribution in [-0.2, 0) is 16.1 Å². The Hall–Kier alpha value is -3.51. The van der Waals surface area contributed by atoms with Crippen LogP contribution in [0, 0.1) is 10.1 Å². The van der Waals surface area contributed by atoms with Crippen molar-refractivity contribution in [1.82, 2.24) is 15.3 Å². The van der Waals surface area contributed by atoms with E-state index in [2.05, 4.69) is 15.3 Å². The Kier molecular flexibility index (Phi) is 5.92. The first-order chi connectivity index (χ1) is 16.5. The molecule has 2 aromatic heterocycles. The number of carbonyl (C=O) groups excluding carboxylic acids is 1. The lowest BCUT2D eigenvalue weighted by Crippen LogP contribution is -2.63. The quantitative estimate of drug-likeness (QED) is 0.303. The monoisotopic (exact) mass is 485 g/mol. The van der Waals surface area contributed by atoms with Crippen molar-refractivity contribution >= 4 is 33.5 Å². The average Bonchev–Trinajstić information content (AvgIpc) is 3.51. The van der Waals surface area contributed by atoms with Crippen LogP contribution in [0.1, 0.15) is 25.3 Å². The van der Waals surface area contributed by atoms with E-state index in [0.717, 1.165) is 15.8 Å². The van der Waals surface area contributed by atoms with Gasteiger partial charge in [-0.25, -0.2) is 9.97 Å². The molecule has 12 heteroatoms. The normalized spacial score (nSPS) is 21.6. The summed E-state index contributed by atoms with van der Waals surface area (Å²) in [6.07, 6.45) is 0.678. The van der Waals surface area contributed by atoms with Crippen LogP contribution < -0.4 is 19.7 Å². The molecule has 11 nitrogen and oxygen atoms in total. The fourth-order valence-electron chi connectivity index (χ4n) is 4.30. The van der Waals surface area contributed by atoms with Gasteiger partial charge in [0.05, 0.1) is 13.0 Å². The summed E-state index contributed by atoms with van der Waals surface area (Å²) in [7, 11) is 0. The molecule has 4 heterocycles. The van der Waals surface area contributed by atoms with Crippen LogP contribution in [-0.4, -0.2) is 52.5 Å². The van der Waals surface area contributed by atoms with Gasteiger partial charge in [0, 0.05) is 29.6 Å². The lowest BCUT2D eigenvalue weighted by Gasteiger charge is -2.41. The number of nitrogens with one attached hydrogen (secondary N) is 1. The number of nitrogens with zero attached hydrogens (tertiary/aromatic N) is 4. The van der Waals surface area contributed by atoms with Gasteiger partial charge in [0.2, 0.25) is 12.7 Å².